The first-order valence-corrected chi connectivity index (χ1v) is 5.98. The fourth-order valence-corrected chi connectivity index (χ4v) is 1.78. The van der Waals surface area contributed by atoms with E-state index in [0.29, 0.717) is 0 Å². The van der Waals surface area contributed by atoms with Crippen LogP contribution in [-0.2, 0) is 6.54 Å². The van der Waals surface area contributed by atoms with Gasteiger partial charge in [-0.2, -0.15) is 0 Å². The third-order valence-corrected chi connectivity index (χ3v) is 2.97. The number of hydrogen-bond acceptors (Lipinski definition) is 3. The molecule has 0 aliphatic carbocycles. The molecule has 0 aliphatic rings. The van der Waals surface area contributed by atoms with Crippen molar-refractivity contribution < 1.29 is 4.74 Å². The Morgan fingerprint density at radius 3 is 2.41 bits per heavy atom. The van der Waals surface area contributed by atoms with Crippen molar-refractivity contribution in [1.29, 1.82) is 0 Å². The van der Waals surface area contributed by atoms with Crippen molar-refractivity contribution in [2.24, 2.45) is 5.73 Å². The van der Waals surface area contributed by atoms with Gasteiger partial charge in [-0.15, -0.1) is 0 Å². The van der Waals surface area contributed by atoms with Gasteiger partial charge in [-0.05, 0) is 50.5 Å². The number of benzene rings is 1. The van der Waals surface area contributed by atoms with Crippen molar-refractivity contribution in [1.82, 2.24) is 5.32 Å². The molecule has 1 aromatic rings. The second-order valence-corrected chi connectivity index (χ2v) is 5.27. The van der Waals surface area contributed by atoms with Crippen LogP contribution in [0.25, 0.3) is 0 Å². The zero-order chi connectivity index (χ0) is 13.1. The van der Waals surface area contributed by atoms with Crippen LogP contribution in [0.4, 0.5) is 0 Å². The molecule has 3 heteroatoms. The molecule has 0 atom stereocenters. The monoisotopic (exact) mass is 236 g/mol. The molecule has 96 valence electrons. The molecule has 0 saturated carbocycles. The quantitative estimate of drug-likeness (QED) is 0.823. The number of methoxy groups -OCH3 is 1. The third kappa shape index (κ3) is 4.02. The number of ether oxygens (including phenoxy) is 1. The normalized spacial score (nSPS) is 11.6. The van der Waals surface area contributed by atoms with E-state index in [0.717, 1.165) is 18.8 Å². The summed E-state index contributed by atoms with van der Waals surface area (Å²) in [6.45, 7) is 9.90. The summed E-state index contributed by atoms with van der Waals surface area (Å²) in [5, 5.41) is 3.38. The van der Waals surface area contributed by atoms with E-state index in [-0.39, 0.29) is 5.54 Å². The largest absolute Gasteiger partial charge is 0.496 e. The fourth-order valence-electron chi connectivity index (χ4n) is 1.78. The summed E-state index contributed by atoms with van der Waals surface area (Å²) in [6, 6.07) is 4.13. The molecule has 3 N–H and O–H groups in total. The van der Waals surface area contributed by atoms with Crippen molar-refractivity contribution in [3.63, 3.8) is 0 Å². The van der Waals surface area contributed by atoms with Crippen molar-refractivity contribution >= 4 is 0 Å². The van der Waals surface area contributed by atoms with Crippen LogP contribution in [-0.4, -0.2) is 19.2 Å². The lowest BCUT2D eigenvalue weighted by Crippen LogP contribution is -2.42. The van der Waals surface area contributed by atoms with Crippen LogP contribution < -0.4 is 15.8 Å². The minimum Gasteiger partial charge on any atom is -0.496 e. The van der Waals surface area contributed by atoms with E-state index in [4.69, 9.17) is 10.5 Å². The molecular weight excluding hydrogens is 212 g/mol. The predicted octanol–water partition coefficient (Wildman–Crippen LogP) is 2.14. The summed E-state index contributed by atoms with van der Waals surface area (Å²) < 4.78 is 5.30. The number of hydrogen-bond donors (Lipinski definition) is 2. The first kappa shape index (κ1) is 14.0. The Hall–Kier alpha value is -1.06. The Kier molecular flexibility index (Phi) is 4.54. The number of nitrogens with one attached hydrogen (secondary N) is 1. The van der Waals surface area contributed by atoms with Gasteiger partial charge in [0.05, 0.1) is 7.11 Å². The van der Waals surface area contributed by atoms with Crippen LogP contribution in [0.1, 0.15) is 30.5 Å². The maximum Gasteiger partial charge on any atom is 0.122 e. The van der Waals surface area contributed by atoms with Crippen LogP contribution in [0.2, 0.25) is 0 Å². The summed E-state index contributed by atoms with van der Waals surface area (Å²) in [5.74, 6) is 0.949. The van der Waals surface area contributed by atoms with E-state index >= 15 is 0 Å². The lowest BCUT2D eigenvalue weighted by Gasteiger charge is -2.20. The van der Waals surface area contributed by atoms with Crippen molar-refractivity contribution in [2.75, 3.05) is 13.7 Å². The Labute approximate surface area is 104 Å². The van der Waals surface area contributed by atoms with Gasteiger partial charge in [-0.3, -0.25) is 0 Å². The maximum atomic E-state index is 5.93. The van der Waals surface area contributed by atoms with Gasteiger partial charge in [0.25, 0.3) is 0 Å². The van der Waals surface area contributed by atoms with Gasteiger partial charge in [0.1, 0.15) is 5.75 Å². The van der Waals surface area contributed by atoms with Crippen LogP contribution in [0.15, 0.2) is 12.1 Å². The molecule has 0 amide bonds. The molecule has 0 heterocycles. The molecule has 1 aromatic carbocycles. The highest BCUT2D eigenvalue weighted by atomic mass is 16.5. The molecule has 1 rings (SSSR count). The van der Waals surface area contributed by atoms with Crippen molar-refractivity contribution in [2.45, 2.75) is 39.8 Å². The lowest BCUT2D eigenvalue weighted by molar-refractivity contribution is 0.410. The Morgan fingerprint density at radius 1 is 1.24 bits per heavy atom. The molecule has 0 saturated heterocycles. The molecule has 0 fully saturated rings. The first-order chi connectivity index (χ1) is 7.85. The Balaban J connectivity index is 2.70. The van der Waals surface area contributed by atoms with E-state index in [1.165, 1.54) is 16.7 Å². The Bertz CT molecular complexity index is 381. The average molecular weight is 236 g/mol. The van der Waals surface area contributed by atoms with Crippen molar-refractivity contribution in [3.05, 3.63) is 28.8 Å². The smallest absolute Gasteiger partial charge is 0.122 e. The molecule has 17 heavy (non-hydrogen) atoms. The summed E-state index contributed by atoms with van der Waals surface area (Å²) >= 11 is 0. The van der Waals surface area contributed by atoms with Crippen LogP contribution >= 0.6 is 0 Å². The molecule has 0 unspecified atom stereocenters. The van der Waals surface area contributed by atoms with Gasteiger partial charge in [0.2, 0.25) is 0 Å². The summed E-state index contributed by atoms with van der Waals surface area (Å²) in [4.78, 5) is 0. The van der Waals surface area contributed by atoms with E-state index in [1.54, 1.807) is 7.11 Å². The van der Waals surface area contributed by atoms with E-state index in [2.05, 4.69) is 25.2 Å². The topological polar surface area (TPSA) is 47.3 Å². The standard InChI is InChI=1S/C14H24N2O/c1-10-11(2)13(17-5)7-6-12(10)8-16-9-14(3,4)15/h6-7,16H,8-9,15H2,1-5H3. The first-order valence-electron chi connectivity index (χ1n) is 5.98. The van der Waals surface area contributed by atoms with Crippen molar-refractivity contribution in [3.8, 4) is 5.75 Å². The molecule has 0 bridgehead atoms. The molecule has 0 aromatic heterocycles. The lowest BCUT2D eigenvalue weighted by atomic mass is 10.0. The second-order valence-electron chi connectivity index (χ2n) is 5.27. The van der Waals surface area contributed by atoms with E-state index < -0.39 is 0 Å². The van der Waals surface area contributed by atoms with Gasteiger partial charge in [-0.25, -0.2) is 0 Å². The molecule has 0 radical (unpaired) electrons. The molecular formula is C14H24N2O. The zero-order valence-corrected chi connectivity index (χ0v) is 11.6. The minimum absolute atomic E-state index is 0.171. The van der Waals surface area contributed by atoms with Crippen LogP contribution in [0, 0.1) is 13.8 Å². The van der Waals surface area contributed by atoms with E-state index in [9.17, 15) is 0 Å². The molecule has 0 aliphatic heterocycles. The third-order valence-electron chi connectivity index (χ3n) is 2.97. The summed E-state index contributed by atoms with van der Waals surface area (Å²) in [5.41, 5.74) is 9.55. The van der Waals surface area contributed by atoms with Crippen LogP contribution in [0.3, 0.4) is 0 Å². The van der Waals surface area contributed by atoms with Gasteiger partial charge in [0, 0.05) is 18.6 Å². The summed E-state index contributed by atoms with van der Waals surface area (Å²) in [6.07, 6.45) is 0. The van der Waals surface area contributed by atoms with Gasteiger partial charge < -0.3 is 15.8 Å². The molecule has 3 nitrogen and oxygen atoms in total. The predicted molar refractivity (Wildman–Crippen MR) is 72.4 cm³/mol. The highest BCUT2D eigenvalue weighted by Crippen LogP contribution is 2.23. The zero-order valence-electron chi connectivity index (χ0n) is 11.6. The van der Waals surface area contributed by atoms with Crippen LogP contribution in [0.5, 0.6) is 5.75 Å². The number of rotatable bonds is 5. The average Bonchev–Trinajstić information content (AvgIpc) is 2.23. The molecule has 0 spiro atoms. The Morgan fingerprint density at radius 2 is 1.88 bits per heavy atom. The van der Waals surface area contributed by atoms with Gasteiger partial charge >= 0.3 is 0 Å². The highest BCUT2D eigenvalue weighted by Gasteiger charge is 2.11. The number of nitrogens with two attached hydrogens (primary N) is 1. The fraction of sp³-hybridized carbons (Fsp3) is 0.571. The van der Waals surface area contributed by atoms with E-state index in [1.807, 2.05) is 19.9 Å². The van der Waals surface area contributed by atoms with Gasteiger partial charge in [-0.1, -0.05) is 6.07 Å². The minimum atomic E-state index is -0.171. The highest BCUT2D eigenvalue weighted by molar-refractivity contribution is 5.43. The maximum absolute atomic E-state index is 5.93. The summed E-state index contributed by atoms with van der Waals surface area (Å²) in [7, 11) is 1.70. The van der Waals surface area contributed by atoms with Gasteiger partial charge in [0.15, 0.2) is 0 Å². The second kappa shape index (κ2) is 5.52. The SMILES string of the molecule is COc1ccc(CNCC(C)(C)N)c(C)c1C.